The van der Waals surface area contributed by atoms with Gasteiger partial charge in [-0.15, -0.1) is 5.54 Å². The summed E-state index contributed by atoms with van der Waals surface area (Å²) in [5.41, 5.74) is 8.12. The quantitative estimate of drug-likeness (QED) is 0.319. The van der Waals surface area contributed by atoms with Crippen LogP contribution in [0.4, 0.5) is 0 Å². The van der Waals surface area contributed by atoms with Crippen LogP contribution >= 0.6 is 0 Å². The second-order valence-corrected chi connectivity index (χ2v) is 13.2. The summed E-state index contributed by atoms with van der Waals surface area (Å²) >= 11 is 0. The number of methoxy groups -OCH3 is 2. The molecule has 0 aliphatic carbocycles. The minimum atomic E-state index is -1.52. The first-order chi connectivity index (χ1) is 14.9. The molecule has 31 heavy (non-hydrogen) atoms. The van der Waals surface area contributed by atoms with Crippen molar-refractivity contribution in [1.29, 1.82) is 0 Å². The lowest BCUT2D eigenvalue weighted by atomic mass is 9.88. The summed E-state index contributed by atoms with van der Waals surface area (Å²) in [7, 11) is 1.86. The Morgan fingerprint density at radius 2 is 1.23 bits per heavy atom. The van der Waals surface area contributed by atoms with Crippen LogP contribution in [0.15, 0.2) is 84.9 Å². The molecule has 0 unspecified atom stereocenters. The van der Waals surface area contributed by atoms with Gasteiger partial charge in [-0.2, -0.15) is 0 Å². The molecule has 0 N–H and O–H groups in total. The molecule has 3 aromatic rings. The van der Waals surface area contributed by atoms with E-state index in [1.807, 2.05) is 30.3 Å². The predicted octanol–water partition coefficient (Wildman–Crippen LogP) is 6.80. The minimum Gasteiger partial charge on any atom is -0.497 e. The molecule has 0 atom stereocenters. The van der Waals surface area contributed by atoms with Gasteiger partial charge in [0.25, 0.3) is 0 Å². The van der Waals surface area contributed by atoms with E-state index >= 15 is 0 Å². The molecule has 0 aromatic heterocycles. The summed E-state index contributed by atoms with van der Waals surface area (Å²) in [5.74, 6) is 5.27. The van der Waals surface area contributed by atoms with Crippen molar-refractivity contribution in [2.24, 2.45) is 0 Å². The van der Waals surface area contributed by atoms with Crippen LogP contribution in [0.5, 0.6) is 11.5 Å². The Labute approximate surface area is 187 Å². The van der Waals surface area contributed by atoms with Crippen LogP contribution in [0, 0.1) is 11.5 Å². The number of benzene rings is 3. The number of ether oxygens (including phenoxy) is 2. The van der Waals surface area contributed by atoms with Crippen LogP contribution in [0.2, 0.25) is 19.6 Å². The van der Waals surface area contributed by atoms with E-state index in [-0.39, 0.29) is 5.92 Å². The van der Waals surface area contributed by atoms with E-state index in [1.165, 1.54) is 11.1 Å². The van der Waals surface area contributed by atoms with Crippen molar-refractivity contribution in [3.05, 3.63) is 102 Å². The fraction of sp³-hybridized carbons (Fsp3) is 0.214. The highest BCUT2D eigenvalue weighted by Crippen LogP contribution is 2.32. The average Bonchev–Trinajstić information content (AvgIpc) is 2.79. The first-order valence-corrected chi connectivity index (χ1v) is 14.0. The van der Waals surface area contributed by atoms with Crippen LogP contribution in [0.1, 0.15) is 22.6 Å². The van der Waals surface area contributed by atoms with Crippen molar-refractivity contribution >= 4 is 13.6 Å². The molecule has 0 radical (unpaired) electrons. The van der Waals surface area contributed by atoms with Crippen LogP contribution in [0.25, 0.3) is 5.57 Å². The van der Waals surface area contributed by atoms with Crippen molar-refractivity contribution in [3.63, 3.8) is 0 Å². The van der Waals surface area contributed by atoms with Crippen molar-refractivity contribution < 1.29 is 9.47 Å². The SMILES string of the molecule is COc1ccc(C(/C=C(\C#C[Si](C)(C)C)c2ccccc2)c2ccc(OC)cc2)cc1. The van der Waals surface area contributed by atoms with Gasteiger partial charge in [0.15, 0.2) is 0 Å². The molecule has 0 heterocycles. The van der Waals surface area contributed by atoms with Gasteiger partial charge in [-0.3, -0.25) is 0 Å². The maximum Gasteiger partial charge on any atom is 0.129 e. The van der Waals surface area contributed by atoms with Gasteiger partial charge in [-0.1, -0.05) is 86.2 Å². The Balaban J connectivity index is 2.15. The molecule has 0 aliphatic heterocycles. The molecule has 0 fully saturated rings. The third-order valence-corrected chi connectivity index (χ3v) is 5.82. The fourth-order valence-corrected chi connectivity index (χ4v) is 3.77. The van der Waals surface area contributed by atoms with Gasteiger partial charge in [-0.25, -0.2) is 0 Å². The number of hydrogen-bond acceptors (Lipinski definition) is 2. The van der Waals surface area contributed by atoms with E-state index in [2.05, 4.69) is 85.7 Å². The normalized spacial score (nSPS) is 11.6. The van der Waals surface area contributed by atoms with E-state index in [9.17, 15) is 0 Å². The topological polar surface area (TPSA) is 18.5 Å². The molecule has 0 saturated heterocycles. The average molecular weight is 427 g/mol. The highest BCUT2D eigenvalue weighted by Gasteiger charge is 2.15. The molecule has 0 aliphatic rings. The Bertz CT molecular complexity index is 1020. The maximum absolute atomic E-state index is 5.36. The van der Waals surface area contributed by atoms with E-state index in [0.29, 0.717) is 0 Å². The molecule has 0 spiro atoms. The zero-order valence-corrected chi connectivity index (χ0v) is 20.0. The lowest BCUT2D eigenvalue weighted by Gasteiger charge is -2.17. The zero-order chi connectivity index (χ0) is 22.3. The molecular weight excluding hydrogens is 396 g/mol. The summed E-state index contributed by atoms with van der Waals surface area (Å²) in [6.07, 6.45) is 2.28. The molecule has 0 amide bonds. The van der Waals surface area contributed by atoms with Gasteiger partial charge in [0.05, 0.1) is 14.2 Å². The predicted molar refractivity (Wildman–Crippen MR) is 133 cm³/mol. The standard InChI is InChI=1S/C28H30O2Si/c1-29-26-15-11-23(12-16-26)28(24-13-17-27(30-2)18-14-24)21-25(19-20-31(3,4)5)22-9-7-6-8-10-22/h6-18,21,28H,1-5H3/b25-21+. The minimum absolute atomic E-state index is 0.0583. The van der Waals surface area contributed by atoms with Crippen LogP contribution < -0.4 is 9.47 Å². The molecule has 2 nitrogen and oxygen atoms in total. The van der Waals surface area contributed by atoms with Crippen LogP contribution in [0.3, 0.4) is 0 Å². The summed E-state index contributed by atoms with van der Waals surface area (Å²) in [5, 5.41) is 0. The number of hydrogen-bond donors (Lipinski definition) is 0. The molecule has 0 bridgehead atoms. The monoisotopic (exact) mass is 426 g/mol. The van der Waals surface area contributed by atoms with Gasteiger partial charge >= 0.3 is 0 Å². The second kappa shape index (κ2) is 10.2. The smallest absolute Gasteiger partial charge is 0.129 e. The highest BCUT2D eigenvalue weighted by molar-refractivity contribution is 6.84. The van der Waals surface area contributed by atoms with E-state index in [1.54, 1.807) is 14.2 Å². The summed E-state index contributed by atoms with van der Waals surface area (Å²) in [4.78, 5) is 0. The Kier molecular flexibility index (Phi) is 7.39. The number of allylic oxidation sites excluding steroid dienone is 2. The first kappa shape index (κ1) is 22.5. The van der Waals surface area contributed by atoms with E-state index in [4.69, 9.17) is 9.47 Å². The van der Waals surface area contributed by atoms with Crippen molar-refractivity contribution in [3.8, 4) is 23.0 Å². The van der Waals surface area contributed by atoms with Gasteiger partial charge in [0.2, 0.25) is 0 Å². The highest BCUT2D eigenvalue weighted by atomic mass is 28.3. The summed E-state index contributed by atoms with van der Waals surface area (Å²) in [6, 6.07) is 27.0. The summed E-state index contributed by atoms with van der Waals surface area (Å²) in [6.45, 7) is 6.81. The van der Waals surface area contributed by atoms with Gasteiger partial charge in [0, 0.05) is 11.5 Å². The Morgan fingerprint density at radius 1 is 0.742 bits per heavy atom. The van der Waals surface area contributed by atoms with Crippen molar-refractivity contribution in [1.82, 2.24) is 0 Å². The zero-order valence-electron chi connectivity index (χ0n) is 19.0. The van der Waals surface area contributed by atoms with Gasteiger partial charge in [0.1, 0.15) is 19.6 Å². The van der Waals surface area contributed by atoms with Gasteiger partial charge in [-0.05, 0) is 41.0 Å². The molecule has 3 rings (SSSR count). The third kappa shape index (κ3) is 6.38. The van der Waals surface area contributed by atoms with Crippen LogP contribution in [-0.2, 0) is 0 Å². The first-order valence-electron chi connectivity index (χ1n) is 10.5. The molecule has 3 aromatic carbocycles. The lowest BCUT2D eigenvalue weighted by Crippen LogP contribution is -2.16. The fourth-order valence-electron chi connectivity index (χ4n) is 3.26. The maximum atomic E-state index is 5.36. The second-order valence-electron chi connectivity index (χ2n) is 8.47. The number of rotatable bonds is 6. The van der Waals surface area contributed by atoms with Gasteiger partial charge < -0.3 is 9.47 Å². The molecule has 158 valence electrons. The Hall–Kier alpha value is -3.22. The van der Waals surface area contributed by atoms with Crippen LogP contribution in [-0.4, -0.2) is 22.3 Å². The third-order valence-electron chi connectivity index (χ3n) is 4.94. The van der Waals surface area contributed by atoms with E-state index < -0.39 is 8.07 Å². The Morgan fingerprint density at radius 3 is 1.65 bits per heavy atom. The molecular formula is C28H30O2Si. The molecule has 0 saturated carbocycles. The largest absolute Gasteiger partial charge is 0.497 e. The van der Waals surface area contributed by atoms with Crippen molar-refractivity contribution in [2.45, 2.75) is 25.6 Å². The lowest BCUT2D eigenvalue weighted by molar-refractivity contribution is 0.414. The summed E-state index contributed by atoms with van der Waals surface area (Å²) < 4.78 is 10.7. The van der Waals surface area contributed by atoms with Crippen molar-refractivity contribution in [2.75, 3.05) is 14.2 Å². The van der Waals surface area contributed by atoms with E-state index in [0.717, 1.165) is 22.6 Å². The molecule has 3 heteroatoms.